The minimum Gasteiger partial charge on any atom is -0.594 e. The average molecular weight is 220 g/mol. The Kier molecular flexibility index (Phi) is 4.20. The molecule has 0 fully saturated rings. The normalized spacial score (nSPS) is 10.3. The maximum absolute atomic E-state index is 11.0. The SMILES string of the molecule is CCOC(=O)/C=C/c1ccc([N+](=N)[O-])cc1. The van der Waals surface area contributed by atoms with E-state index in [-0.39, 0.29) is 10.5 Å². The second-order valence-corrected chi connectivity index (χ2v) is 2.97. The predicted octanol–water partition coefficient (Wildman–Crippen LogP) is 2.44. The van der Waals surface area contributed by atoms with Crippen molar-refractivity contribution in [2.24, 2.45) is 0 Å². The molecule has 0 heterocycles. The lowest BCUT2D eigenvalue weighted by atomic mass is 10.2. The van der Waals surface area contributed by atoms with E-state index in [4.69, 9.17) is 10.3 Å². The van der Waals surface area contributed by atoms with Crippen LogP contribution in [0.15, 0.2) is 30.3 Å². The predicted molar refractivity (Wildman–Crippen MR) is 58.1 cm³/mol. The van der Waals surface area contributed by atoms with E-state index >= 15 is 0 Å². The molecule has 5 heteroatoms. The van der Waals surface area contributed by atoms with E-state index in [1.807, 2.05) is 0 Å². The van der Waals surface area contributed by atoms with Gasteiger partial charge in [0.25, 0.3) is 0 Å². The highest BCUT2D eigenvalue weighted by Gasteiger charge is 1.99. The maximum Gasteiger partial charge on any atom is 0.330 e. The zero-order valence-electron chi connectivity index (χ0n) is 8.84. The van der Waals surface area contributed by atoms with Crippen molar-refractivity contribution in [2.75, 3.05) is 6.61 Å². The van der Waals surface area contributed by atoms with Crippen LogP contribution in [0.2, 0.25) is 0 Å². The van der Waals surface area contributed by atoms with Crippen LogP contribution < -0.4 is 0 Å². The molecule has 0 unspecified atom stereocenters. The second kappa shape index (κ2) is 5.65. The van der Waals surface area contributed by atoms with Gasteiger partial charge in [-0.15, -0.1) is 0 Å². The van der Waals surface area contributed by atoms with Gasteiger partial charge < -0.3 is 9.94 Å². The molecule has 1 aromatic carbocycles. The molecule has 0 saturated heterocycles. The number of benzene rings is 1. The lowest BCUT2D eigenvalue weighted by Crippen LogP contribution is -1.98. The fourth-order valence-corrected chi connectivity index (χ4v) is 1.08. The average Bonchev–Trinajstić information content (AvgIpc) is 2.27. The first-order chi connectivity index (χ1) is 7.63. The Bertz CT molecular complexity index is 410. The summed E-state index contributed by atoms with van der Waals surface area (Å²) in [6, 6.07) is 6.30. The highest BCUT2D eigenvalue weighted by Crippen LogP contribution is 2.12. The van der Waals surface area contributed by atoms with Gasteiger partial charge in [-0.25, -0.2) is 4.79 Å². The molecule has 0 aliphatic carbocycles. The smallest absolute Gasteiger partial charge is 0.330 e. The van der Waals surface area contributed by atoms with Crippen molar-refractivity contribution in [3.05, 3.63) is 41.1 Å². The van der Waals surface area contributed by atoms with E-state index in [0.717, 1.165) is 5.56 Å². The van der Waals surface area contributed by atoms with Crippen molar-refractivity contribution < 1.29 is 14.4 Å². The molecule has 1 aromatic rings. The van der Waals surface area contributed by atoms with Gasteiger partial charge in [0, 0.05) is 18.2 Å². The molecule has 0 aliphatic rings. The van der Waals surface area contributed by atoms with Gasteiger partial charge in [-0.3, -0.25) is 0 Å². The first-order valence-electron chi connectivity index (χ1n) is 4.77. The van der Waals surface area contributed by atoms with E-state index in [1.54, 1.807) is 25.1 Å². The summed E-state index contributed by atoms with van der Waals surface area (Å²) in [5.41, 5.74) is 7.81. The van der Waals surface area contributed by atoms with E-state index < -0.39 is 5.97 Å². The van der Waals surface area contributed by atoms with Gasteiger partial charge in [0.2, 0.25) is 5.69 Å². The standard InChI is InChI=1S/C11H12N2O3/c1-2-16-11(14)8-5-9-3-6-10(7-4-9)13(12)15/h3-8,12H,2H2,1H3/b8-5+,13-12?. The number of ether oxygens (including phenoxy) is 1. The molecule has 84 valence electrons. The largest absolute Gasteiger partial charge is 0.594 e. The van der Waals surface area contributed by atoms with Crippen molar-refractivity contribution in [3.8, 4) is 0 Å². The second-order valence-electron chi connectivity index (χ2n) is 2.97. The molecule has 0 atom stereocenters. The number of nitrogens with one attached hydrogen (secondary N) is 1. The van der Waals surface area contributed by atoms with Crippen molar-refractivity contribution in [1.29, 1.82) is 5.53 Å². The summed E-state index contributed by atoms with van der Waals surface area (Å²) >= 11 is 0. The number of esters is 1. The number of rotatable bonds is 4. The zero-order valence-corrected chi connectivity index (χ0v) is 8.84. The van der Waals surface area contributed by atoms with Crippen molar-refractivity contribution in [3.63, 3.8) is 0 Å². The Balaban J connectivity index is 2.68. The third-order valence-corrected chi connectivity index (χ3v) is 1.83. The number of hydrogen-bond acceptors (Lipinski definition) is 4. The fourth-order valence-electron chi connectivity index (χ4n) is 1.08. The minimum atomic E-state index is -0.405. The van der Waals surface area contributed by atoms with Crippen LogP contribution in [-0.4, -0.2) is 17.4 Å². The molecule has 1 N–H and O–H groups in total. The summed E-state index contributed by atoms with van der Waals surface area (Å²) in [6.45, 7) is 2.07. The Labute approximate surface area is 93.0 Å². The number of hydrogen-bond donors (Lipinski definition) is 1. The molecular formula is C11H12N2O3. The summed E-state index contributed by atoms with van der Waals surface area (Å²) in [6.07, 6.45) is 2.90. The molecule has 0 saturated carbocycles. The van der Waals surface area contributed by atoms with Crippen LogP contribution in [0.5, 0.6) is 0 Å². The summed E-state index contributed by atoms with van der Waals surface area (Å²) in [5, 5.41) is 10.6. The Morgan fingerprint density at radius 3 is 2.62 bits per heavy atom. The molecule has 0 radical (unpaired) electrons. The first-order valence-corrected chi connectivity index (χ1v) is 4.77. The van der Waals surface area contributed by atoms with E-state index in [2.05, 4.69) is 0 Å². The lowest BCUT2D eigenvalue weighted by Gasteiger charge is -1.97. The molecule has 0 bridgehead atoms. The number of carbonyl (C=O) groups excluding carboxylic acids is 1. The van der Waals surface area contributed by atoms with Crippen LogP contribution in [0.1, 0.15) is 12.5 Å². The Morgan fingerprint density at radius 2 is 2.12 bits per heavy atom. The fraction of sp³-hybridized carbons (Fsp3) is 0.182. The molecule has 16 heavy (non-hydrogen) atoms. The Morgan fingerprint density at radius 1 is 1.50 bits per heavy atom. The number of carbonyl (C=O) groups is 1. The lowest BCUT2D eigenvalue weighted by molar-refractivity contribution is -0.465. The van der Waals surface area contributed by atoms with Crippen molar-refractivity contribution in [2.45, 2.75) is 6.92 Å². The van der Waals surface area contributed by atoms with Crippen LogP contribution >= 0.6 is 0 Å². The van der Waals surface area contributed by atoms with Gasteiger partial charge in [-0.1, -0.05) is 4.86 Å². The van der Waals surface area contributed by atoms with Gasteiger partial charge in [0.1, 0.15) is 0 Å². The summed E-state index contributed by atoms with van der Waals surface area (Å²) in [4.78, 5) is 11.0. The maximum atomic E-state index is 11.0. The summed E-state index contributed by atoms with van der Waals surface area (Å²) in [7, 11) is 0. The molecule has 1 rings (SSSR count). The van der Waals surface area contributed by atoms with E-state index in [0.29, 0.717) is 6.61 Å². The van der Waals surface area contributed by atoms with E-state index in [9.17, 15) is 10.0 Å². The molecule has 5 nitrogen and oxygen atoms in total. The monoisotopic (exact) mass is 220 g/mol. The zero-order chi connectivity index (χ0) is 12.0. The quantitative estimate of drug-likeness (QED) is 0.278. The topological polar surface area (TPSA) is 76.2 Å². The van der Waals surface area contributed by atoms with Crippen molar-refractivity contribution in [1.82, 2.24) is 0 Å². The van der Waals surface area contributed by atoms with Gasteiger partial charge >= 0.3 is 5.97 Å². The molecular weight excluding hydrogens is 208 g/mol. The van der Waals surface area contributed by atoms with Crippen LogP contribution in [-0.2, 0) is 9.53 Å². The summed E-state index contributed by atoms with van der Waals surface area (Å²) < 4.78 is 4.71. The van der Waals surface area contributed by atoms with Gasteiger partial charge in [-0.2, -0.15) is 0 Å². The third kappa shape index (κ3) is 3.53. The van der Waals surface area contributed by atoms with Crippen LogP contribution in [0.3, 0.4) is 0 Å². The van der Waals surface area contributed by atoms with E-state index in [1.165, 1.54) is 18.2 Å². The third-order valence-electron chi connectivity index (χ3n) is 1.83. The molecule has 0 aromatic heterocycles. The molecule has 0 spiro atoms. The summed E-state index contributed by atoms with van der Waals surface area (Å²) in [5.74, 6) is -0.405. The highest BCUT2D eigenvalue weighted by molar-refractivity contribution is 5.87. The van der Waals surface area contributed by atoms with Crippen molar-refractivity contribution >= 4 is 17.7 Å². The van der Waals surface area contributed by atoms with Crippen LogP contribution in [0.25, 0.3) is 6.08 Å². The molecule has 0 aliphatic heterocycles. The van der Waals surface area contributed by atoms with Crippen LogP contribution in [0.4, 0.5) is 5.69 Å². The Hall–Kier alpha value is -2.17. The number of nitrogens with zero attached hydrogens (tertiary/aromatic N) is 1. The van der Waals surface area contributed by atoms with Crippen LogP contribution in [0, 0.1) is 10.7 Å². The first kappa shape index (κ1) is 11.9. The highest BCUT2D eigenvalue weighted by atomic mass is 16.5. The molecule has 0 amide bonds. The minimum absolute atomic E-state index is 0.0266. The van der Waals surface area contributed by atoms with Gasteiger partial charge in [0.05, 0.1) is 6.61 Å². The van der Waals surface area contributed by atoms with Gasteiger partial charge in [-0.05, 0) is 36.2 Å². The van der Waals surface area contributed by atoms with Gasteiger partial charge in [0.15, 0.2) is 0 Å².